The molecule has 3 nitrogen and oxygen atoms in total. The summed E-state index contributed by atoms with van der Waals surface area (Å²) in [5.74, 6) is 0.588. The maximum absolute atomic E-state index is 6.36. The maximum Gasteiger partial charge on any atom is 0.0718 e. The van der Waals surface area contributed by atoms with E-state index in [1.807, 2.05) is 0 Å². The normalized spacial score (nSPS) is 13.3. The molecule has 2 aromatic rings. The second-order valence-electron chi connectivity index (χ2n) is 5.22. The van der Waals surface area contributed by atoms with Crippen LogP contribution in [0.1, 0.15) is 39.3 Å². The number of aromatic nitrogens is 2. The van der Waals surface area contributed by atoms with Crippen LogP contribution >= 0.6 is 0 Å². The predicted molar refractivity (Wildman–Crippen MR) is 81.2 cm³/mol. The van der Waals surface area contributed by atoms with E-state index in [4.69, 9.17) is 10.8 Å². The van der Waals surface area contributed by atoms with Crippen molar-refractivity contribution in [3.8, 4) is 0 Å². The van der Waals surface area contributed by atoms with E-state index in [9.17, 15) is 0 Å². The Labute approximate surface area is 115 Å². The van der Waals surface area contributed by atoms with Gasteiger partial charge in [0.15, 0.2) is 0 Å². The summed E-state index contributed by atoms with van der Waals surface area (Å²) in [7, 11) is 0. The van der Waals surface area contributed by atoms with Crippen LogP contribution in [0.2, 0.25) is 0 Å². The lowest BCUT2D eigenvalue weighted by Gasteiger charge is -2.20. The van der Waals surface area contributed by atoms with E-state index in [0.717, 1.165) is 31.5 Å². The third kappa shape index (κ3) is 2.81. The van der Waals surface area contributed by atoms with Gasteiger partial charge in [0.25, 0.3) is 0 Å². The van der Waals surface area contributed by atoms with Crippen LogP contribution in [0.25, 0.3) is 10.9 Å². The molecule has 1 heterocycles. The van der Waals surface area contributed by atoms with Crippen LogP contribution in [0.5, 0.6) is 0 Å². The number of hydrogen-bond acceptors (Lipinski definition) is 2. The summed E-state index contributed by atoms with van der Waals surface area (Å²) >= 11 is 0. The zero-order valence-electron chi connectivity index (χ0n) is 12.3. The van der Waals surface area contributed by atoms with Crippen molar-refractivity contribution in [1.82, 2.24) is 9.78 Å². The molecule has 0 radical (unpaired) electrons. The minimum atomic E-state index is 0.207. The molecule has 2 N–H and O–H groups in total. The van der Waals surface area contributed by atoms with Gasteiger partial charge >= 0.3 is 0 Å². The van der Waals surface area contributed by atoms with Gasteiger partial charge in [-0.3, -0.25) is 4.68 Å². The van der Waals surface area contributed by atoms with Crippen LogP contribution in [0.4, 0.5) is 0 Å². The molecule has 3 heteroatoms. The number of benzene rings is 1. The number of aryl methyl sites for hydroxylation is 1. The molecule has 0 amide bonds. The lowest BCUT2D eigenvalue weighted by atomic mass is 9.91. The molecule has 0 saturated heterocycles. The molecule has 0 aliphatic heterocycles. The number of para-hydroxylation sites is 1. The van der Waals surface area contributed by atoms with E-state index in [0.29, 0.717) is 5.92 Å². The molecule has 104 valence electrons. The van der Waals surface area contributed by atoms with Gasteiger partial charge in [0.05, 0.1) is 11.2 Å². The third-order valence-corrected chi connectivity index (χ3v) is 4.12. The first-order chi connectivity index (χ1) is 9.21. The van der Waals surface area contributed by atoms with E-state index in [-0.39, 0.29) is 6.04 Å². The van der Waals surface area contributed by atoms with Crippen molar-refractivity contribution < 1.29 is 0 Å². The first-order valence-corrected chi connectivity index (χ1v) is 7.41. The van der Waals surface area contributed by atoms with Gasteiger partial charge in [0.1, 0.15) is 0 Å². The lowest BCUT2D eigenvalue weighted by molar-refractivity contribution is 0.391. The van der Waals surface area contributed by atoms with Crippen LogP contribution in [0.3, 0.4) is 0 Å². The van der Waals surface area contributed by atoms with E-state index < -0.39 is 0 Å². The first-order valence-electron chi connectivity index (χ1n) is 7.41. The molecule has 0 spiro atoms. The van der Waals surface area contributed by atoms with Gasteiger partial charge in [-0.1, -0.05) is 44.9 Å². The SMILES string of the molecule is CCC(CC)C(N)Cc1nn(CC)c2ccccc12. The highest BCUT2D eigenvalue weighted by atomic mass is 15.3. The topological polar surface area (TPSA) is 43.8 Å². The maximum atomic E-state index is 6.36. The zero-order chi connectivity index (χ0) is 13.8. The molecule has 0 fully saturated rings. The highest BCUT2D eigenvalue weighted by molar-refractivity contribution is 5.82. The third-order valence-electron chi connectivity index (χ3n) is 4.12. The fourth-order valence-electron chi connectivity index (χ4n) is 2.87. The monoisotopic (exact) mass is 259 g/mol. The van der Waals surface area contributed by atoms with Crippen molar-refractivity contribution in [3.63, 3.8) is 0 Å². The Hall–Kier alpha value is -1.35. The Morgan fingerprint density at radius 2 is 1.84 bits per heavy atom. The summed E-state index contributed by atoms with van der Waals surface area (Å²) in [6.07, 6.45) is 3.16. The summed E-state index contributed by atoms with van der Waals surface area (Å²) in [5, 5.41) is 5.99. The fourth-order valence-corrected chi connectivity index (χ4v) is 2.87. The van der Waals surface area contributed by atoms with Crippen molar-refractivity contribution >= 4 is 10.9 Å². The van der Waals surface area contributed by atoms with Crippen molar-refractivity contribution in [3.05, 3.63) is 30.0 Å². The molecule has 0 aliphatic carbocycles. The predicted octanol–water partition coefficient (Wildman–Crippen LogP) is 3.36. The molecule has 1 atom stereocenters. The van der Waals surface area contributed by atoms with Gasteiger partial charge in [-0.05, 0) is 18.9 Å². The molecule has 1 aromatic carbocycles. The number of rotatable bonds is 6. The average Bonchev–Trinajstić information content (AvgIpc) is 2.78. The number of nitrogens with zero attached hydrogens (tertiary/aromatic N) is 2. The van der Waals surface area contributed by atoms with Gasteiger partial charge in [0.2, 0.25) is 0 Å². The van der Waals surface area contributed by atoms with Crippen LogP contribution < -0.4 is 5.73 Å². The largest absolute Gasteiger partial charge is 0.327 e. The van der Waals surface area contributed by atoms with Gasteiger partial charge in [0, 0.05) is 24.4 Å². The quantitative estimate of drug-likeness (QED) is 0.864. The highest BCUT2D eigenvalue weighted by Gasteiger charge is 2.18. The molecule has 0 aliphatic rings. The Kier molecular flexibility index (Phi) is 4.59. The van der Waals surface area contributed by atoms with E-state index in [1.165, 1.54) is 10.9 Å². The van der Waals surface area contributed by atoms with E-state index in [2.05, 4.69) is 49.7 Å². The molecule has 2 rings (SSSR count). The van der Waals surface area contributed by atoms with E-state index in [1.54, 1.807) is 0 Å². The van der Waals surface area contributed by atoms with E-state index >= 15 is 0 Å². The van der Waals surface area contributed by atoms with Gasteiger partial charge < -0.3 is 5.73 Å². The smallest absolute Gasteiger partial charge is 0.0718 e. The summed E-state index contributed by atoms with van der Waals surface area (Å²) in [6.45, 7) is 7.47. The van der Waals surface area contributed by atoms with Gasteiger partial charge in [-0.2, -0.15) is 5.10 Å². The minimum Gasteiger partial charge on any atom is -0.327 e. The highest BCUT2D eigenvalue weighted by Crippen LogP contribution is 2.22. The van der Waals surface area contributed by atoms with Crippen molar-refractivity contribution in [2.24, 2.45) is 11.7 Å². The summed E-state index contributed by atoms with van der Waals surface area (Å²) in [6, 6.07) is 8.65. The summed E-state index contributed by atoms with van der Waals surface area (Å²) in [5.41, 5.74) is 8.73. The Balaban J connectivity index is 2.30. The van der Waals surface area contributed by atoms with Crippen molar-refractivity contribution in [2.75, 3.05) is 0 Å². The Morgan fingerprint density at radius 1 is 1.16 bits per heavy atom. The average molecular weight is 259 g/mol. The minimum absolute atomic E-state index is 0.207. The Morgan fingerprint density at radius 3 is 2.47 bits per heavy atom. The summed E-state index contributed by atoms with van der Waals surface area (Å²) < 4.78 is 2.07. The number of hydrogen-bond donors (Lipinski definition) is 1. The first kappa shape index (κ1) is 14.1. The fraction of sp³-hybridized carbons (Fsp3) is 0.562. The number of fused-ring (bicyclic) bond motifs is 1. The second-order valence-corrected chi connectivity index (χ2v) is 5.22. The second kappa shape index (κ2) is 6.20. The van der Waals surface area contributed by atoms with Crippen LogP contribution in [0, 0.1) is 5.92 Å². The molecule has 1 aromatic heterocycles. The molecule has 0 bridgehead atoms. The lowest BCUT2D eigenvalue weighted by Crippen LogP contribution is -2.31. The van der Waals surface area contributed by atoms with Gasteiger partial charge in [-0.25, -0.2) is 0 Å². The van der Waals surface area contributed by atoms with Crippen LogP contribution in [-0.4, -0.2) is 15.8 Å². The van der Waals surface area contributed by atoms with Crippen LogP contribution in [0.15, 0.2) is 24.3 Å². The molecule has 19 heavy (non-hydrogen) atoms. The Bertz CT molecular complexity index is 526. The molecule has 0 saturated carbocycles. The number of nitrogens with two attached hydrogens (primary N) is 1. The molecular weight excluding hydrogens is 234 g/mol. The van der Waals surface area contributed by atoms with Gasteiger partial charge in [-0.15, -0.1) is 0 Å². The van der Waals surface area contributed by atoms with Crippen molar-refractivity contribution in [1.29, 1.82) is 0 Å². The summed E-state index contributed by atoms with van der Waals surface area (Å²) in [4.78, 5) is 0. The molecular formula is C16H25N3. The molecule has 1 unspecified atom stereocenters. The zero-order valence-corrected chi connectivity index (χ0v) is 12.3. The van der Waals surface area contributed by atoms with Crippen molar-refractivity contribution in [2.45, 2.75) is 52.6 Å². The standard InChI is InChI=1S/C16H25N3/c1-4-12(5-2)14(17)11-15-13-9-7-8-10-16(13)19(6-3)18-15/h7-10,12,14H,4-6,11,17H2,1-3H3. The van der Waals surface area contributed by atoms with Crippen LogP contribution in [-0.2, 0) is 13.0 Å².